The van der Waals surface area contributed by atoms with Crippen molar-refractivity contribution in [2.75, 3.05) is 18.0 Å². The van der Waals surface area contributed by atoms with Crippen molar-refractivity contribution in [1.29, 1.82) is 0 Å². The number of fused-ring (bicyclic) bond motifs is 2. The van der Waals surface area contributed by atoms with Crippen LogP contribution in [-0.2, 0) is 11.3 Å². The molecule has 2 aromatic carbocycles. The van der Waals surface area contributed by atoms with E-state index in [0.717, 1.165) is 56.2 Å². The molecule has 3 atom stereocenters. The van der Waals surface area contributed by atoms with Crippen molar-refractivity contribution < 1.29 is 23.6 Å². The van der Waals surface area contributed by atoms with Crippen molar-refractivity contribution in [2.24, 2.45) is 11.8 Å². The van der Waals surface area contributed by atoms with Gasteiger partial charge in [0.05, 0.1) is 33.0 Å². The average Bonchev–Trinajstić information content (AvgIpc) is 3.21. The summed E-state index contributed by atoms with van der Waals surface area (Å²) in [5.41, 5.74) is 2.38. The van der Waals surface area contributed by atoms with E-state index < -0.39 is 11.8 Å². The second-order valence-electron chi connectivity index (χ2n) is 10.6. The Labute approximate surface area is 237 Å². The summed E-state index contributed by atoms with van der Waals surface area (Å²) < 4.78 is 27.5. The number of anilines is 1. The molecule has 4 aromatic rings. The Hall–Kier alpha value is -2.72. The van der Waals surface area contributed by atoms with E-state index in [9.17, 15) is 14.3 Å². The van der Waals surface area contributed by atoms with Crippen molar-refractivity contribution in [1.82, 2.24) is 10.1 Å². The lowest BCUT2D eigenvalue weighted by molar-refractivity contribution is 0.0164. The summed E-state index contributed by atoms with van der Waals surface area (Å²) in [7, 11) is 0. The third kappa shape index (κ3) is 4.49. The lowest BCUT2D eigenvalue weighted by Gasteiger charge is -2.21. The molecule has 0 bridgehead atoms. The third-order valence-electron chi connectivity index (χ3n) is 8.15. The summed E-state index contributed by atoms with van der Waals surface area (Å²) in [6.07, 6.45) is 4.19. The van der Waals surface area contributed by atoms with Gasteiger partial charge in [0.25, 0.3) is 0 Å². The van der Waals surface area contributed by atoms with Gasteiger partial charge in [-0.15, -0.1) is 0 Å². The number of nitrogens with zero attached hydrogens (tertiary/aromatic N) is 3. The number of ether oxygens (including phenoxy) is 1. The van der Waals surface area contributed by atoms with Crippen molar-refractivity contribution in [3.05, 3.63) is 63.1 Å². The lowest BCUT2D eigenvalue weighted by Crippen LogP contribution is -2.26. The SMILES string of the molecule is O=C(O)c1cc(F)c2nc(N3C[C@H]4CC[C@H](OCc5c(-c6c(Cl)cccc6Cl)noc5C5CC5)[C@H]4C3)sc2c1. The third-order valence-corrected chi connectivity index (χ3v) is 9.85. The molecule has 202 valence electrons. The van der Waals surface area contributed by atoms with Gasteiger partial charge in [0, 0.05) is 36.1 Å². The Balaban J connectivity index is 1.10. The zero-order valence-corrected chi connectivity index (χ0v) is 23.0. The second kappa shape index (κ2) is 9.73. The second-order valence-corrected chi connectivity index (χ2v) is 12.4. The van der Waals surface area contributed by atoms with Crippen LogP contribution in [-0.4, -0.2) is 40.4 Å². The van der Waals surface area contributed by atoms with Crippen molar-refractivity contribution in [3.63, 3.8) is 0 Å². The molecule has 2 aliphatic carbocycles. The summed E-state index contributed by atoms with van der Waals surface area (Å²) >= 11 is 14.3. The van der Waals surface area contributed by atoms with Gasteiger partial charge < -0.3 is 19.3 Å². The Bertz CT molecular complexity index is 1580. The molecule has 3 aliphatic rings. The van der Waals surface area contributed by atoms with Crippen molar-refractivity contribution in [2.45, 2.75) is 44.3 Å². The largest absolute Gasteiger partial charge is 0.478 e. The van der Waals surface area contributed by atoms with E-state index in [0.29, 0.717) is 55.5 Å². The van der Waals surface area contributed by atoms with Crippen LogP contribution < -0.4 is 4.90 Å². The molecule has 0 radical (unpaired) electrons. The van der Waals surface area contributed by atoms with Crippen LogP contribution in [0.3, 0.4) is 0 Å². The Morgan fingerprint density at radius 2 is 1.97 bits per heavy atom. The number of halogens is 3. The molecular formula is C28H24Cl2FN3O4S. The molecule has 2 aromatic heterocycles. The first-order valence-corrected chi connectivity index (χ1v) is 14.6. The van der Waals surface area contributed by atoms with Gasteiger partial charge in [-0.2, -0.15) is 0 Å². The smallest absolute Gasteiger partial charge is 0.335 e. The number of thiazole rings is 1. The number of rotatable bonds is 7. The number of carboxylic acids is 1. The van der Waals surface area contributed by atoms with Gasteiger partial charge in [-0.3, -0.25) is 0 Å². The van der Waals surface area contributed by atoms with Crippen molar-refractivity contribution in [3.8, 4) is 11.3 Å². The number of carboxylic acid groups (broad SMARTS) is 1. The molecule has 1 N–H and O–H groups in total. The highest BCUT2D eigenvalue weighted by atomic mass is 35.5. The summed E-state index contributed by atoms with van der Waals surface area (Å²) in [5, 5.41) is 15.4. The molecule has 0 spiro atoms. The number of benzene rings is 2. The van der Waals surface area contributed by atoms with Crippen LogP contribution in [0.5, 0.6) is 0 Å². The van der Waals surface area contributed by atoms with Crippen molar-refractivity contribution >= 4 is 55.9 Å². The predicted octanol–water partition coefficient (Wildman–Crippen LogP) is 7.40. The van der Waals surface area contributed by atoms with Crippen LogP contribution in [0.25, 0.3) is 21.5 Å². The fraction of sp³-hybridized carbons (Fsp3) is 0.393. The van der Waals surface area contributed by atoms with E-state index in [1.54, 1.807) is 12.1 Å². The minimum absolute atomic E-state index is 0.0567. The Morgan fingerprint density at radius 3 is 2.72 bits per heavy atom. The van der Waals surface area contributed by atoms with E-state index in [1.165, 1.54) is 17.4 Å². The fourth-order valence-corrected chi connectivity index (χ4v) is 7.67. The Kier molecular flexibility index (Phi) is 6.30. The molecular weight excluding hydrogens is 564 g/mol. The maximum atomic E-state index is 14.5. The first kappa shape index (κ1) is 25.3. The van der Waals surface area contributed by atoms with Gasteiger partial charge in [0.15, 0.2) is 10.9 Å². The zero-order chi connectivity index (χ0) is 26.8. The maximum absolute atomic E-state index is 14.5. The molecule has 3 fully saturated rings. The zero-order valence-electron chi connectivity index (χ0n) is 20.7. The highest BCUT2D eigenvalue weighted by molar-refractivity contribution is 7.22. The lowest BCUT2D eigenvalue weighted by atomic mass is 9.99. The standard InChI is InChI=1S/C28H24Cl2FN3O4S/c29-18-2-1-3-19(30)23(18)24-17(26(38-33-24)13-4-5-13)12-37-21-7-6-14-10-34(11-16(14)21)28-32-25-20(31)8-15(27(35)36)9-22(25)39-28/h1-3,8-9,13-14,16,21H,4-7,10-12H2,(H,35,36)/t14-,16+,21+/m1/s1. The summed E-state index contributed by atoms with van der Waals surface area (Å²) in [5.74, 6) is 0.213. The molecule has 39 heavy (non-hydrogen) atoms. The van der Waals surface area contributed by atoms with E-state index in [2.05, 4.69) is 15.0 Å². The topological polar surface area (TPSA) is 88.7 Å². The van der Waals surface area contributed by atoms with Crippen LogP contribution in [0.1, 0.15) is 53.3 Å². The molecule has 0 amide bonds. The molecule has 0 unspecified atom stereocenters. The van der Waals surface area contributed by atoms with Crippen LogP contribution in [0.15, 0.2) is 34.9 Å². The number of hydrogen-bond donors (Lipinski definition) is 1. The van der Waals surface area contributed by atoms with Crippen LogP contribution in [0.4, 0.5) is 9.52 Å². The maximum Gasteiger partial charge on any atom is 0.335 e. The highest BCUT2D eigenvalue weighted by Gasteiger charge is 2.44. The van der Waals surface area contributed by atoms with Gasteiger partial charge in [-0.1, -0.05) is 45.8 Å². The van der Waals surface area contributed by atoms with Gasteiger partial charge >= 0.3 is 5.97 Å². The number of carbonyl (C=O) groups is 1. The average molecular weight is 588 g/mol. The summed E-state index contributed by atoms with van der Waals surface area (Å²) in [6.45, 7) is 1.94. The monoisotopic (exact) mass is 587 g/mol. The van der Waals surface area contributed by atoms with Gasteiger partial charge in [-0.05, 0) is 55.9 Å². The van der Waals surface area contributed by atoms with Crippen LogP contribution in [0, 0.1) is 17.7 Å². The minimum Gasteiger partial charge on any atom is -0.478 e. The van der Waals surface area contributed by atoms with Gasteiger partial charge in [-0.25, -0.2) is 14.2 Å². The number of hydrogen-bond acceptors (Lipinski definition) is 7. The van der Waals surface area contributed by atoms with E-state index >= 15 is 0 Å². The molecule has 1 aliphatic heterocycles. The minimum atomic E-state index is -1.15. The molecule has 7 rings (SSSR count). The first-order valence-electron chi connectivity index (χ1n) is 13.0. The molecule has 2 saturated carbocycles. The first-order chi connectivity index (χ1) is 18.9. The number of aromatic carboxylic acids is 1. The highest BCUT2D eigenvalue weighted by Crippen LogP contribution is 2.47. The van der Waals surface area contributed by atoms with Crippen LogP contribution in [0.2, 0.25) is 10.0 Å². The number of aromatic nitrogens is 2. The molecule has 1 saturated heterocycles. The van der Waals surface area contributed by atoms with Crippen LogP contribution >= 0.6 is 34.5 Å². The predicted molar refractivity (Wildman–Crippen MR) is 147 cm³/mol. The molecule has 11 heteroatoms. The molecule has 7 nitrogen and oxygen atoms in total. The van der Waals surface area contributed by atoms with Gasteiger partial charge in [0.1, 0.15) is 17.0 Å². The summed E-state index contributed by atoms with van der Waals surface area (Å²) in [4.78, 5) is 18.0. The molecule has 3 heterocycles. The van der Waals surface area contributed by atoms with E-state index in [1.807, 2.05) is 6.07 Å². The van der Waals surface area contributed by atoms with E-state index in [4.69, 9.17) is 32.5 Å². The van der Waals surface area contributed by atoms with E-state index in [-0.39, 0.29) is 17.2 Å². The summed E-state index contributed by atoms with van der Waals surface area (Å²) in [6, 6.07) is 7.92. The van der Waals surface area contributed by atoms with Gasteiger partial charge in [0.2, 0.25) is 0 Å². The Morgan fingerprint density at radius 1 is 1.18 bits per heavy atom. The quantitative estimate of drug-likeness (QED) is 0.241. The fourth-order valence-electron chi connectivity index (χ4n) is 6.05. The normalized spacial score (nSPS) is 22.6.